The number of aromatic nitrogens is 1. The van der Waals surface area contributed by atoms with Crippen molar-refractivity contribution in [2.24, 2.45) is 5.92 Å². The van der Waals surface area contributed by atoms with E-state index in [0.717, 1.165) is 0 Å². The summed E-state index contributed by atoms with van der Waals surface area (Å²) in [6.07, 6.45) is 0.294. The Kier molecular flexibility index (Phi) is 5.62. The smallest absolute Gasteiger partial charge is 0.270 e. The molecule has 0 unspecified atom stereocenters. The van der Waals surface area contributed by atoms with E-state index >= 15 is 0 Å². The highest BCUT2D eigenvalue weighted by Crippen LogP contribution is 1.99. The average Bonchev–Trinajstić information content (AvgIpc) is 2.79. The van der Waals surface area contributed by atoms with Crippen LogP contribution < -0.4 is 10.6 Å². The highest BCUT2D eigenvalue weighted by molar-refractivity contribution is 7.07. The lowest BCUT2D eigenvalue weighted by Crippen LogP contribution is -2.32. The van der Waals surface area contributed by atoms with E-state index in [9.17, 15) is 9.59 Å². The molecule has 0 spiro atoms. The van der Waals surface area contributed by atoms with Crippen molar-refractivity contribution in [3.8, 4) is 0 Å². The molecule has 0 bridgehead atoms. The zero-order chi connectivity index (χ0) is 12.7. The maximum absolute atomic E-state index is 11.5. The van der Waals surface area contributed by atoms with Crippen LogP contribution in [0, 0.1) is 5.92 Å². The lowest BCUT2D eigenvalue weighted by atomic mass is 10.2. The molecule has 1 heterocycles. The lowest BCUT2D eigenvalue weighted by molar-refractivity contribution is -0.121. The van der Waals surface area contributed by atoms with E-state index in [1.807, 2.05) is 13.8 Å². The summed E-state index contributed by atoms with van der Waals surface area (Å²) in [6.45, 7) is 5.06. The molecule has 6 heteroatoms. The van der Waals surface area contributed by atoms with E-state index in [0.29, 0.717) is 31.1 Å². The second-order valence-electron chi connectivity index (χ2n) is 4.08. The highest BCUT2D eigenvalue weighted by atomic mass is 32.1. The predicted molar refractivity (Wildman–Crippen MR) is 66.9 cm³/mol. The summed E-state index contributed by atoms with van der Waals surface area (Å²) >= 11 is 1.37. The van der Waals surface area contributed by atoms with Crippen molar-refractivity contribution in [3.63, 3.8) is 0 Å². The minimum absolute atomic E-state index is 0.0442. The average molecular weight is 255 g/mol. The standard InChI is InChI=1S/C11H17N3O2S/c1-8(2)5-13-10(15)3-4-12-11(16)9-6-17-7-14-9/h6-8H,3-5H2,1-2H3,(H,12,16)(H,13,15). The monoisotopic (exact) mass is 255 g/mol. The number of thiazole rings is 1. The van der Waals surface area contributed by atoms with Crippen molar-refractivity contribution >= 4 is 23.2 Å². The topological polar surface area (TPSA) is 71.1 Å². The molecule has 0 aliphatic heterocycles. The number of carbonyl (C=O) groups is 2. The molecule has 2 amide bonds. The van der Waals surface area contributed by atoms with Crippen LogP contribution in [0.1, 0.15) is 30.8 Å². The first-order valence-electron chi connectivity index (χ1n) is 5.52. The van der Waals surface area contributed by atoms with Crippen LogP contribution in [0.15, 0.2) is 10.9 Å². The third kappa shape index (κ3) is 5.44. The first-order valence-corrected chi connectivity index (χ1v) is 6.47. The van der Waals surface area contributed by atoms with Gasteiger partial charge >= 0.3 is 0 Å². The number of nitrogens with zero attached hydrogens (tertiary/aromatic N) is 1. The first-order chi connectivity index (χ1) is 8.09. The number of carbonyl (C=O) groups excluding carboxylic acids is 2. The Morgan fingerprint density at radius 2 is 2.18 bits per heavy atom. The Labute approximate surface area is 105 Å². The van der Waals surface area contributed by atoms with Gasteiger partial charge in [0.1, 0.15) is 5.69 Å². The molecule has 0 aromatic carbocycles. The number of hydrogen-bond donors (Lipinski definition) is 2. The van der Waals surface area contributed by atoms with Gasteiger partial charge < -0.3 is 10.6 Å². The van der Waals surface area contributed by atoms with Crippen LogP contribution in [-0.4, -0.2) is 29.9 Å². The van der Waals surface area contributed by atoms with Gasteiger partial charge in [-0.1, -0.05) is 13.8 Å². The van der Waals surface area contributed by atoms with Crippen LogP contribution in [0.25, 0.3) is 0 Å². The van der Waals surface area contributed by atoms with Gasteiger partial charge in [0.2, 0.25) is 5.91 Å². The van der Waals surface area contributed by atoms with E-state index in [-0.39, 0.29) is 11.8 Å². The summed E-state index contributed by atoms with van der Waals surface area (Å²) < 4.78 is 0. The van der Waals surface area contributed by atoms with E-state index in [2.05, 4.69) is 15.6 Å². The van der Waals surface area contributed by atoms with Crippen molar-refractivity contribution in [3.05, 3.63) is 16.6 Å². The van der Waals surface area contributed by atoms with Gasteiger partial charge in [-0.15, -0.1) is 11.3 Å². The van der Waals surface area contributed by atoms with Crippen molar-refractivity contribution in [1.29, 1.82) is 0 Å². The molecule has 0 aliphatic rings. The van der Waals surface area contributed by atoms with Crippen LogP contribution in [0.2, 0.25) is 0 Å². The molecule has 2 N–H and O–H groups in total. The minimum atomic E-state index is -0.233. The molecule has 0 atom stereocenters. The molecular weight excluding hydrogens is 238 g/mol. The maximum Gasteiger partial charge on any atom is 0.270 e. The van der Waals surface area contributed by atoms with Crippen LogP contribution in [0.3, 0.4) is 0 Å². The first kappa shape index (κ1) is 13.6. The molecule has 0 saturated carbocycles. The summed E-state index contributed by atoms with van der Waals surface area (Å²) in [7, 11) is 0. The number of nitrogens with one attached hydrogen (secondary N) is 2. The number of hydrogen-bond acceptors (Lipinski definition) is 4. The summed E-state index contributed by atoms with van der Waals surface area (Å²) in [4.78, 5) is 26.7. The fourth-order valence-corrected chi connectivity index (χ4v) is 1.64. The van der Waals surface area contributed by atoms with Gasteiger partial charge in [0.25, 0.3) is 5.91 Å². The van der Waals surface area contributed by atoms with E-state index < -0.39 is 0 Å². The van der Waals surface area contributed by atoms with Gasteiger partial charge in [0.05, 0.1) is 5.51 Å². The molecule has 0 radical (unpaired) electrons. The molecular formula is C11H17N3O2S. The summed E-state index contributed by atoms with van der Waals surface area (Å²) in [5.41, 5.74) is 2.00. The van der Waals surface area contributed by atoms with Crippen LogP contribution >= 0.6 is 11.3 Å². The third-order valence-electron chi connectivity index (χ3n) is 2.01. The van der Waals surface area contributed by atoms with E-state index in [4.69, 9.17) is 0 Å². The number of amides is 2. The molecule has 5 nitrogen and oxygen atoms in total. The summed E-state index contributed by atoms with van der Waals surface area (Å²) in [5, 5.41) is 7.11. The molecule has 17 heavy (non-hydrogen) atoms. The molecule has 1 aromatic rings. The summed E-state index contributed by atoms with van der Waals surface area (Å²) in [5.74, 6) is 0.156. The molecule has 1 aromatic heterocycles. The largest absolute Gasteiger partial charge is 0.356 e. The van der Waals surface area contributed by atoms with Crippen molar-refractivity contribution < 1.29 is 9.59 Å². The van der Waals surface area contributed by atoms with Gasteiger partial charge in [-0.2, -0.15) is 0 Å². The van der Waals surface area contributed by atoms with Crippen LogP contribution in [0.5, 0.6) is 0 Å². The second-order valence-corrected chi connectivity index (χ2v) is 4.80. The van der Waals surface area contributed by atoms with Crippen molar-refractivity contribution in [1.82, 2.24) is 15.6 Å². The van der Waals surface area contributed by atoms with Crippen LogP contribution in [-0.2, 0) is 4.79 Å². The number of rotatable bonds is 6. The fourth-order valence-electron chi connectivity index (χ4n) is 1.11. The van der Waals surface area contributed by atoms with Crippen LogP contribution in [0.4, 0.5) is 0 Å². The maximum atomic E-state index is 11.5. The normalized spacial score (nSPS) is 10.3. The zero-order valence-electron chi connectivity index (χ0n) is 10.0. The Morgan fingerprint density at radius 3 is 2.76 bits per heavy atom. The Hall–Kier alpha value is -1.43. The zero-order valence-corrected chi connectivity index (χ0v) is 10.8. The Morgan fingerprint density at radius 1 is 1.41 bits per heavy atom. The Bertz CT molecular complexity index is 363. The van der Waals surface area contributed by atoms with Gasteiger partial charge in [-0.25, -0.2) is 4.98 Å². The second kappa shape index (κ2) is 7.01. The lowest BCUT2D eigenvalue weighted by Gasteiger charge is -2.07. The van der Waals surface area contributed by atoms with E-state index in [1.54, 1.807) is 10.9 Å². The molecule has 1 rings (SSSR count). The van der Waals surface area contributed by atoms with Gasteiger partial charge in [-0.3, -0.25) is 9.59 Å². The van der Waals surface area contributed by atoms with E-state index in [1.165, 1.54) is 11.3 Å². The molecule has 0 fully saturated rings. The summed E-state index contributed by atoms with van der Waals surface area (Å²) in [6, 6.07) is 0. The van der Waals surface area contributed by atoms with Crippen molar-refractivity contribution in [2.75, 3.05) is 13.1 Å². The third-order valence-corrected chi connectivity index (χ3v) is 2.60. The highest BCUT2D eigenvalue weighted by Gasteiger charge is 2.08. The minimum Gasteiger partial charge on any atom is -0.356 e. The molecule has 0 saturated heterocycles. The fraction of sp³-hybridized carbons (Fsp3) is 0.545. The van der Waals surface area contributed by atoms with Gasteiger partial charge in [-0.05, 0) is 5.92 Å². The molecule has 0 aliphatic carbocycles. The molecule has 94 valence electrons. The quantitative estimate of drug-likeness (QED) is 0.797. The Balaban J connectivity index is 2.15. The van der Waals surface area contributed by atoms with Gasteiger partial charge in [0, 0.05) is 24.9 Å². The predicted octanol–water partition coefficient (Wildman–Crippen LogP) is 1.04. The van der Waals surface area contributed by atoms with Crippen molar-refractivity contribution in [2.45, 2.75) is 20.3 Å². The SMILES string of the molecule is CC(C)CNC(=O)CCNC(=O)c1cscn1. The van der Waals surface area contributed by atoms with Gasteiger partial charge in [0.15, 0.2) is 0 Å².